The van der Waals surface area contributed by atoms with Gasteiger partial charge in [-0.1, -0.05) is 0 Å². The lowest BCUT2D eigenvalue weighted by atomic mass is 10.2. The molecule has 1 unspecified atom stereocenters. The van der Waals surface area contributed by atoms with Crippen LogP contribution in [0.3, 0.4) is 0 Å². The van der Waals surface area contributed by atoms with Gasteiger partial charge in [0.25, 0.3) is 0 Å². The molecule has 2 N–H and O–H groups in total. The van der Waals surface area contributed by atoms with E-state index in [-0.39, 0.29) is 12.5 Å². The van der Waals surface area contributed by atoms with E-state index in [1.54, 1.807) is 11.8 Å². The number of hydrogen-bond donors (Lipinski definition) is 2. The van der Waals surface area contributed by atoms with Gasteiger partial charge in [0, 0.05) is 15.8 Å². The van der Waals surface area contributed by atoms with Crippen LogP contribution in [0.25, 0.3) is 0 Å². The summed E-state index contributed by atoms with van der Waals surface area (Å²) in [6, 6.07) is 5.89. The zero-order chi connectivity index (χ0) is 13.7. The molecule has 0 saturated carbocycles. The van der Waals surface area contributed by atoms with Crippen LogP contribution in [0.4, 0.5) is 5.69 Å². The Morgan fingerprint density at radius 1 is 1.56 bits per heavy atom. The number of carbonyl (C=O) groups is 1. The summed E-state index contributed by atoms with van der Waals surface area (Å²) in [6.45, 7) is 4.43. The number of benzene rings is 1. The second kappa shape index (κ2) is 7.06. The third-order valence-corrected chi connectivity index (χ3v) is 3.12. The molecule has 5 heteroatoms. The second-order valence-corrected chi connectivity index (χ2v) is 5.80. The lowest BCUT2D eigenvalue weighted by Crippen LogP contribution is -2.34. The molecular weight excluding hydrogens is 343 g/mol. The maximum atomic E-state index is 11.8. The SMILES string of the molecule is Cc1cc(I)ccc1NC(=O)CN(C)CC(C)O. The minimum Gasteiger partial charge on any atom is -0.392 e. The molecule has 0 fully saturated rings. The Labute approximate surface area is 122 Å². The number of carbonyl (C=O) groups excluding carboxylic acids is 1. The fraction of sp³-hybridized carbons (Fsp3) is 0.462. The van der Waals surface area contributed by atoms with Gasteiger partial charge in [0.1, 0.15) is 0 Å². The Kier molecular flexibility index (Phi) is 6.04. The number of nitrogens with zero attached hydrogens (tertiary/aromatic N) is 1. The number of halogens is 1. The average Bonchev–Trinajstić information content (AvgIpc) is 2.20. The topological polar surface area (TPSA) is 52.6 Å². The van der Waals surface area contributed by atoms with Crippen LogP contribution in [0.2, 0.25) is 0 Å². The molecule has 4 nitrogen and oxygen atoms in total. The van der Waals surface area contributed by atoms with Crippen molar-refractivity contribution < 1.29 is 9.90 Å². The first-order valence-corrected chi connectivity index (χ1v) is 6.89. The Balaban J connectivity index is 2.54. The Morgan fingerprint density at radius 3 is 2.78 bits per heavy atom. The quantitative estimate of drug-likeness (QED) is 0.787. The summed E-state index contributed by atoms with van der Waals surface area (Å²) in [5, 5.41) is 12.1. The van der Waals surface area contributed by atoms with E-state index in [4.69, 9.17) is 0 Å². The van der Waals surface area contributed by atoms with E-state index in [0.717, 1.165) is 14.8 Å². The minimum absolute atomic E-state index is 0.0672. The molecule has 1 amide bonds. The highest BCUT2D eigenvalue weighted by Gasteiger charge is 2.09. The smallest absolute Gasteiger partial charge is 0.238 e. The van der Waals surface area contributed by atoms with Gasteiger partial charge in [-0.15, -0.1) is 0 Å². The zero-order valence-electron chi connectivity index (χ0n) is 10.9. The molecule has 0 heterocycles. The molecule has 1 rings (SSSR count). The Morgan fingerprint density at radius 2 is 2.22 bits per heavy atom. The summed E-state index contributed by atoms with van der Waals surface area (Å²) in [5.74, 6) is -0.0672. The number of likely N-dealkylation sites (N-methyl/N-ethyl adjacent to an activating group) is 1. The first-order valence-electron chi connectivity index (χ1n) is 5.81. The summed E-state index contributed by atoms with van der Waals surface area (Å²) in [7, 11) is 1.81. The highest BCUT2D eigenvalue weighted by molar-refractivity contribution is 14.1. The van der Waals surface area contributed by atoms with Gasteiger partial charge in [0.2, 0.25) is 5.91 Å². The molecule has 0 aliphatic heterocycles. The van der Waals surface area contributed by atoms with E-state index in [0.29, 0.717) is 6.54 Å². The minimum atomic E-state index is -0.428. The molecule has 1 aromatic carbocycles. The summed E-state index contributed by atoms with van der Waals surface area (Å²) >= 11 is 2.24. The van der Waals surface area contributed by atoms with Crippen LogP contribution < -0.4 is 5.32 Å². The zero-order valence-corrected chi connectivity index (χ0v) is 13.1. The summed E-state index contributed by atoms with van der Waals surface area (Å²) in [4.78, 5) is 13.6. The Bertz CT molecular complexity index is 421. The number of rotatable bonds is 5. The molecule has 1 atom stereocenters. The van der Waals surface area contributed by atoms with Gasteiger partial charge in [-0.05, 0) is 67.2 Å². The van der Waals surface area contributed by atoms with Crippen LogP contribution in [-0.4, -0.2) is 42.2 Å². The Hall–Kier alpha value is -0.660. The van der Waals surface area contributed by atoms with Gasteiger partial charge in [0.15, 0.2) is 0 Å². The molecule has 0 bridgehead atoms. The second-order valence-electron chi connectivity index (χ2n) is 4.55. The molecule has 1 aromatic rings. The van der Waals surface area contributed by atoms with Crippen LogP contribution >= 0.6 is 22.6 Å². The number of nitrogens with one attached hydrogen (secondary N) is 1. The van der Waals surface area contributed by atoms with Crippen molar-refractivity contribution >= 4 is 34.2 Å². The molecule has 0 spiro atoms. The van der Waals surface area contributed by atoms with Gasteiger partial charge < -0.3 is 10.4 Å². The van der Waals surface area contributed by atoms with Gasteiger partial charge in [-0.2, -0.15) is 0 Å². The van der Waals surface area contributed by atoms with Crippen molar-refractivity contribution in [3.05, 3.63) is 27.3 Å². The lowest BCUT2D eigenvalue weighted by molar-refractivity contribution is -0.117. The van der Waals surface area contributed by atoms with Crippen molar-refractivity contribution in [1.82, 2.24) is 4.90 Å². The van der Waals surface area contributed by atoms with Crippen molar-refractivity contribution in [2.75, 3.05) is 25.5 Å². The van der Waals surface area contributed by atoms with Crippen molar-refractivity contribution in [3.63, 3.8) is 0 Å². The van der Waals surface area contributed by atoms with E-state index >= 15 is 0 Å². The van der Waals surface area contributed by atoms with Crippen molar-refractivity contribution in [2.24, 2.45) is 0 Å². The molecule has 0 aliphatic carbocycles. The highest BCUT2D eigenvalue weighted by Crippen LogP contribution is 2.17. The third kappa shape index (κ3) is 5.32. The monoisotopic (exact) mass is 362 g/mol. The summed E-state index contributed by atoms with van der Waals surface area (Å²) in [6.07, 6.45) is -0.428. The maximum Gasteiger partial charge on any atom is 0.238 e. The van der Waals surface area contributed by atoms with E-state index in [2.05, 4.69) is 27.9 Å². The van der Waals surface area contributed by atoms with Gasteiger partial charge in [0.05, 0.1) is 12.6 Å². The van der Waals surface area contributed by atoms with Crippen molar-refractivity contribution in [3.8, 4) is 0 Å². The fourth-order valence-corrected chi connectivity index (χ4v) is 2.36. The number of aliphatic hydroxyl groups is 1. The molecule has 0 radical (unpaired) electrons. The molecule has 0 aliphatic rings. The summed E-state index contributed by atoms with van der Waals surface area (Å²) in [5.41, 5.74) is 1.89. The van der Waals surface area contributed by atoms with Crippen LogP contribution in [-0.2, 0) is 4.79 Å². The third-order valence-electron chi connectivity index (χ3n) is 2.45. The van der Waals surface area contributed by atoms with Crippen LogP contribution in [0.15, 0.2) is 18.2 Å². The average molecular weight is 362 g/mol. The van der Waals surface area contributed by atoms with Crippen molar-refractivity contribution in [2.45, 2.75) is 20.0 Å². The first-order chi connectivity index (χ1) is 8.38. The molecule has 0 saturated heterocycles. The molecular formula is C13H19IN2O2. The largest absolute Gasteiger partial charge is 0.392 e. The van der Waals surface area contributed by atoms with E-state index in [9.17, 15) is 9.90 Å². The van der Waals surface area contributed by atoms with E-state index < -0.39 is 6.10 Å². The fourth-order valence-electron chi connectivity index (χ4n) is 1.72. The lowest BCUT2D eigenvalue weighted by Gasteiger charge is -2.18. The van der Waals surface area contributed by atoms with Gasteiger partial charge >= 0.3 is 0 Å². The predicted molar refractivity (Wildman–Crippen MR) is 81.7 cm³/mol. The van der Waals surface area contributed by atoms with E-state index in [1.165, 1.54) is 0 Å². The number of aliphatic hydroxyl groups excluding tert-OH is 1. The first kappa shape index (κ1) is 15.4. The van der Waals surface area contributed by atoms with Crippen LogP contribution in [0.1, 0.15) is 12.5 Å². The highest BCUT2D eigenvalue weighted by atomic mass is 127. The predicted octanol–water partition coefficient (Wildman–Crippen LogP) is 1.85. The van der Waals surface area contributed by atoms with Crippen LogP contribution in [0.5, 0.6) is 0 Å². The molecule has 18 heavy (non-hydrogen) atoms. The van der Waals surface area contributed by atoms with Gasteiger partial charge in [-0.3, -0.25) is 9.69 Å². The molecule has 0 aromatic heterocycles. The summed E-state index contributed by atoms with van der Waals surface area (Å²) < 4.78 is 1.15. The van der Waals surface area contributed by atoms with Crippen LogP contribution in [0, 0.1) is 10.5 Å². The number of hydrogen-bond acceptors (Lipinski definition) is 3. The number of amides is 1. The number of anilines is 1. The van der Waals surface area contributed by atoms with Crippen molar-refractivity contribution in [1.29, 1.82) is 0 Å². The maximum absolute atomic E-state index is 11.8. The van der Waals surface area contributed by atoms with Gasteiger partial charge in [-0.25, -0.2) is 0 Å². The number of aryl methyl sites for hydroxylation is 1. The standard InChI is InChI=1S/C13H19IN2O2/c1-9-6-11(14)4-5-12(9)15-13(18)8-16(3)7-10(2)17/h4-6,10,17H,7-8H2,1-3H3,(H,15,18). The van der Waals surface area contributed by atoms with E-state index in [1.807, 2.05) is 32.2 Å². The molecule has 100 valence electrons. The normalized spacial score (nSPS) is 12.6.